The molecule has 0 aromatic carbocycles. The first-order valence-corrected chi connectivity index (χ1v) is 7.32. The minimum atomic E-state index is -0.200. The van der Waals surface area contributed by atoms with Gasteiger partial charge < -0.3 is 10.2 Å². The molecule has 0 saturated heterocycles. The average Bonchev–Trinajstić information content (AvgIpc) is 2.47. The SMILES string of the molecule is CC[C@H](C)NC(=O)CCN(C(=O)c1cnccn1)C(C)C. The monoisotopic (exact) mass is 292 g/mol. The lowest BCUT2D eigenvalue weighted by molar-refractivity contribution is -0.121. The third kappa shape index (κ3) is 5.49. The highest BCUT2D eigenvalue weighted by Gasteiger charge is 2.21. The number of carbonyl (C=O) groups is 2. The summed E-state index contributed by atoms with van der Waals surface area (Å²) in [6, 6.07) is 0.150. The molecule has 0 aliphatic heterocycles. The lowest BCUT2D eigenvalue weighted by atomic mass is 10.2. The highest BCUT2D eigenvalue weighted by molar-refractivity contribution is 5.92. The molecule has 2 amide bonds. The van der Waals surface area contributed by atoms with Gasteiger partial charge in [-0.05, 0) is 27.2 Å². The quantitative estimate of drug-likeness (QED) is 0.829. The van der Waals surface area contributed by atoms with Crippen LogP contribution in [0, 0.1) is 0 Å². The lowest BCUT2D eigenvalue weighted by Crippen LogP contribution is -2.41. The maximum atomic E-state index is 12.4. The Labute approximate surface area is 126 Å². The normalized spacial score (nSPS) is 12.0. The molecule has 0 aliphatic rings. The Bertz CT molecular complexity index is 462. The van der Waals surface area contributed by atoms with Crippen molar-refractivity contribution in [2.75, 3.05) is 6.54 Å². The third-order valence-corrected chi connectivity index (χ3v) is 3.27. The fourth-order valence-corrected chi connectivity index (χ4v) is 1.82. The largest absolute Gasteiger partial charge is 0.354 e. The summed E-state index contributed by atoms with van der Waals surface area (Å²) in [7, 11) is 0. The topological polar surface area (TPSA) is 75.2 Å². The molecule has 1 aromatic heterocycles. The van der Waals surface area contributed by atoms with Crippen LogP contribution in [-0.4, -0.2) is 45.3 Å². The maximum Gasteiger partial charge on any atom is 0.274 e. The zero-order valence-electron chi connectivity index (χ0n) is 13.2. The van der Waals surface area contributed by atoms with E-state index in [2.05, 4.69) is 15.3 Å². The van der Waals surface area contributed by atoms with E-state index in [0.29, 0.717) is 12.2 Å². The lowest BCUT2D eigenvalue weighted by Gasteiger charge is -2.26. The molecule has 1 N–H and O–H groups in total. The molecule has 116 valence electrons. The van der Waals surface area contributed by atoms with Gasteiger partial charge in [0.25, 0.3) is 5.91 Å². The van der Waals surface area contributed by atoms with Crippen LogP contribution in [0.4, 0.5) is 0 Å². The molecule has 0 aliphatic carbocycles. The van der Waals surface area contributed by atoms with E-state index >= 15 is 0 Å². The van der Waals surface area contributed by atoms with Gasteiger partial charge in [-0.1, -0.05) is 6.92 Å². The summed E-state index contributed by atoms with van der Waals surface area (Å²) in [5.74, 6) is -0.239. The van der Waals surface area contributed by atoms with E-state index in [1.54, 1.807) is 4.90 Å². The summed E-state index contributed by atoms with van der Waals surface area (Å²) in [5, 5.41) is 2.90. The first kappa shape index (κ1) is 17.1. The Kier molecular flexibility index (Phi) is 6.78. The van der Waals surface area contributed by atoms with Gasteiger partial charge in [-0.15, -0.1) is 0 Å². The predicted molar refractivity (Wildman–Crippen MR) is 80.7 cm³/mol. The van der Waals surface area contributed by atoms with Crippen LogP contribution in [-0.2, 0) is 4.79 Å². The average molecular weight is 292 g/mol. The number of amides is 2. The molecule has 6 nitrogen and oxygen atoms in total. The van der Waals surface area contributed by atoms with Crippen LogP contribution in [0.1, 0.15) is 51.0 Å². The molecule has 21 heavy (non-hydrogen) atoms. The van der Waals surface area contributed by atoms with Gasteiger partial charge in [0, 0.05) is 37.4 Å². The predicted octanol–water partition coefficient (Wildman–Crippen LogP) is 1.63. The molecule has 0 saturated carbocycles. The minimum absolute atomic E-state index is 0.00379. The molecule has 0 radical (unpaired) electrons. The van der Waals surface area contributed by atoms with Crippen molar-refractivity contribution in [2.24, 2.45) is 0 Å². The number of hydrogen-bond donors (Lipinski definition) is 1. The first-order chi connectivity index (χ1) is 9.95. The fourth-order valence-electron chi connectivity index (χ4n) is 1.82. The Morgan fingerprint density at radius 1 is 1.29 bits per heavy atom. The first-order valence-electron chi connectivity index (χ1n) is 7.32. The standard InChI is InChI=1S/C15H24N4O2/c1-5-12(4)18-14(20)6-9-19(11(2)3)15(21)13-10-16-7-8-17-13/h7-8,10-12H,5-6,9H2,1-4H3,(H,18,20)/t12-/m0/s1. The molecule has 1 aromatic rings. The van der Waals surface area contributed by atoms with Gasteiger partial charge >= 0.3 is 0 Å². The highest BCUT2D eigenvalue weighted by atomic mass is 16.2. The van der Waals surface area contributed by atoms with E-state index in [1.807, 2.05) is 27.7 Å². The van der Waals surface area contributed by atoms with Gasteiger partial charge in [-0.3, -0.25) is 14.6 Å². The Morgan fingerprint density at radius 3 is 2.52 bits per heavy atom. The molecule has 1 rings (SSSR count). The maximum absolute atomic E-state index is 12.4. The Balaban J connectivity index is 2.63. The molecule has 1 atom stereocenters. The molecular formula is C15H24N4O2. The van der Waals surface area contributed by atoms with Crippen LogP contribution in [0.3, 0.4) is 0 Å². The van der Waals surface area contributed by atoms with Crippen molar-refractivity contribution < 1.29 is 9.59 Å². The van der Waals surface area contributed by atoms with Gasteiger partial charge in [0.2, 0.25) is 5.91 Å². The Morgan fingerprint density at radius 2 is 2.00 bits per heavy atom. The third-order valence-electron chi connectivity index (χ3n) is 3.27. The summed E-state index contributed by atoms with van der Waals surface area (Å²) < 4.78 is 0. The van der Waals surface area contributed by atoms with Crippen LogP contribution in [0.25, 0.3) is 0 Å². The number of hydrogen-bond acceptors (Lipinski definition) is 4. The van der Waals surface area contributed by atoms with E-state index in [0.717, 1.165) is 6.42 Å². The summed E-state index contributed by atoms with van der Waals surface area (Å²) in [4.78, 5) is 33.7. The molecular weight excluding hydrogens is 268 g/mol. The molecule has 0 fully saturated rings. The van der Waals surface area contributed by atoms with Crippen molar-refractivity contribution >= 4 is 11.8 Å². The van der Waals surface area contributed by atoms with Crippen molar-refractivity contribution in [2.45, 2.75) is 52.6 Å². The van der Waals surface area contributed by atoms with E-state index < -0.39 is 0 Å². The summed E-state index contributed by atoms with van der Waals surface area (Å²) in [6.07, 6.45) is 5.63. The van der Waals surface area contributed by atoms with Crippen LogP contribution in [0.2, 0.25) is 0 Å². The molecule has 0 unspecified atom stereocenters. The molecule has 1 heterocycles. The van der Waals surface area contributed by atoms with E-state index in [9.17, 15) is 9.59 Å². The van der Waals surface area contributed by atoms with Gasteiger partial charge in [0.15, 0.2) is 0 Å². The van der Waals surface area contributed by atoms with Crippen LogP contribution >= 0.6 is 0 Å². The van der Waals surface area contributed by atoms with Gasteiger partial charge in [-0.25, -0.2) is 4.98 Å². The number of carbonyl (C=O) groups excluding carboxylic acids is 2. The fraction of sp³-hybridized carbons (Fsp3) is 0.600. The molecule has 0 bridgehead atoms. The number of aromatic nitrogens is 2. The van der Waals surface area contributed by atoms with Gasteiger partial charge in [0.1, 0.15) is 5.69 Å². The molecule has 0 spiro atoms. The van der Waals surface area contributed by atoms with Gasteiger partial charge in [0.05, 0.1) is 6.20 Å². The zero-order valence-corrected chi connectivity index (χ0v) is 13.2. The van der Waals surface area contributed by atoms with Gasteiger partial charge in [-0.2, -0.15) is 0 Å². The van der Waals surface area contributed by atoms with Crippen molar-refractivity contribution in [3.05, 3.63) is 24.3 Å². The highest BCUT2D eigenvalue weighted by Crippen LogP contribution is 2.06. The van der Waals surface area contributed by atoms with E-state index in [4.69, 9.17) is 0 Å². The van der Waals surface area contributed by atoms with Crippen molar-refractivity contribution in [3.8, 4) is 0 Å². The number of nitrogens with one attached hydrogen (secondary N) is 1. The Hall–Kier alpha value is -1.98. The second-order valence-electron chi connectivity index (χ2n) is 5.31. The van der Waals surface area contributed by atoms with Crippen molar-refractivity contribution in [1.82, 2.24) is 20.2 Å². The van der Waals surface area contributed by atoms with E-state index in [1.165, 1.54) is 18.6 Å². The second kappa shape index (κ2) is 8.34. The van der Waals surface area contributed by atoms with Crippen LogP contribution in [0.5, 0.6) is 0 Å². The van der Waals surface area contributed by atoms with E-state index in [-0.39, 0.29) is 30.3 Å². The summed E-state index contributed by atoms with van der Waals surface area (Å²) in [6.45, 7) is 8.18. The smallest absolute Gasteiger partial charge is 0.274 e. The number of rotatable bonds is 7. The summed E-state index contributed by atoms with van der Waals surface area (Å²) >= 11 is 0. The zero-order chi connectivity index (χ0) is 15.8. The minimum Gasteiger partial charge on any atom is -0.354 e. The van der Waals surface area contributed by atoms with Crippen molar-refractivity contribution in [3.63, 3.8) is 0 Å². The second-order valence-corrected chi connectivity index (χ2v) is 5.31. The molecule has 6 heteroatoms. The summed E-state index contributed by atoms with van der Waals surface area (Å²) in [5.41, 5.74) is 0.300. The van der Waals surface area contributed by atoms with Crippen LogP contribution in [0.15, 0.2) is 18.6 Å². The van der Waals surface area contributed by atoms with Crippen LogP contribution < -0.4 is 5.32 Å². The van der Waals surface area contributed by atoms with Crippen molar-refractivity contribution in [1.29, 1.82) is 0 Å². The number of nitrogens with zero attached hydrogens (tertiary/aromatic N) is 3.